The van der Waals surface area contributed by atoms with Crippen LogP contribution in [0.1, 0.15) is 37.2 Å². The standard InChI is InChI=1S/C14H18N2O3/c1-3-19-14(18)9-16(11-4-5-11)12-6-7-13(10(2)17)15-8-12/h6-8,11H,3-5,9H2,1-2H3. The van der Waals surface area contributed by atoms with E-state index in [9.17, 15) is 9.59 Å². The number of aromatic nitrogens is 1. The zero-order valence-corrected chi connectivity index (χ0v) is 11.3. The van der Waals surface area contributed by atoms with Gasteiger partial charge in [-0.3, -0.25) is 14.6 Å². The number of carbonyl (C=O) groups excluding carboxylic acids is 2. The molecule has 1 heterocycles. The number of pyridine rings is 1. The molecular weight excluding hydrogens is 244 g/mol. The predicted molar refractivity (Wildman–Crippen MR) is 71.2 cm³/mol. The van der Waals surface area contributed by atoms with E-state index in [0.717, 1.165) is 18.5 Å². The Hall–Kier alpha value is -1.91. The van der Waals surface area contributed by atoms with Gasteiger partial charge in [0.2, 0.25) is 0 Å². The lowest BCUT2D eigenvalue weighted by atomic mass is 10.2. The van der Waals surface area contributed by atoms with Gasteiger partial charge in [0.05, 0.1) is 18.5 Å². The highest BCUT2D eigenvalue weighted by Gasteiger charge is 2.31. The molecule has 1 fully saturated rings. The van der Waals surface area contributed by atoms with E-state index in [1.807, 2.05) is 11.0 Å². The van der Waals surface area contributed by atoms with Crippen molar-refractivity contribution >= 4 is 17.4 Å². The molecule has 0 unspecified atom stereocenters. The van der Waals surface area contributed by atoms with Crippen LogP contribution in [-0.4, -0.2) is 35.9 Å². The Morgan fingerprint density at radius 2 is 2.16 bits per heavy atom. The maximum absolute atomic E-state index is 11.6. The third-order valence-corrected chi connectivity index (χ3v) is 3.03. The molecule has 0 aromatic carbocycles. The molecule has 0 amide bonds. The summed E-state index contributed by atoms with van der Waals surface area (Å²) in [6.45, 7) is 3.90. The number of Topliss-reactive ketones (excluding diaryl/α,β-unsaturated/α-hetero) is 1. The molecule has 1 aliphatic rings. The van der Waals surface area contributed by atoms with E-state index in [-0.39, 0.29) is 18.3 Å². The van der Waals surface area contributed by atoms with E-state index in [2.05, 4.69) is 4.98 Å². The summed E-state index contributed by atoms with van der Waals surface area (Å²) in [5, 5.41) is 0. The van der Waals surface area contributed by atoms with E-state index in [4.69, 9.17) is 4.74 Å². The van der Waals surface area contributed by atoms with Gasteiger partial charge in [0, 0.05) is 13.0 Å². The van der Waals surface area contributed by atoms with Crippen LogP contribution in [-0.2, 0) is 9.53 Å². The molecule has 1 aliphatic carbocycles. The molecule has 0 bridgehead atoms. The van der Waals surface area contributed by atoms with Gasteiger partial charge >= 0.3 is 5.97 Å². The fourth-order valence-corrected chi connectivity index (χ4v) is 1.93. The highest BCUT2D eigenvalue weighted by atomic mass is 16.5. The van der Waals surface area contributed by atoms with Gasteiger partial charge in [-0.1, -0.05) is 0 Å². The Morgan fingerprint density at radius 1 is 1.42 bits per heavy atom. The lowest BCUT2D eigenvalue weighted by Gasteiger charge is -2.23. The lowest BCUT2D eigenvalue weighted by molar-refractivity contribution is -0.141. The van der Waals surface area contributed by atoms with Crippen LogP contribution in [0.4, 0.5) is 5.69 Å². The quantitative estimate of drug-likeness (QED) is 0.578. The maximum atomic E-state index is 11.6. The Labute approximate surface area is 112 Å². The minimum Gasteiger partial charge on any atom is -0.465 e. The van der Waals surface area contributed by atoms with Crippen LogP contribution < -0.4 is 4.90 Å². The average Bonchev–Trinajstić information content (AvgIpc) is 3.21. The Morgan fingerprint density at radius 3 is 2.63 bits per heavy atom. The Balaban J connectivity index is 2.10. The molecule has 0 spiro atoms. The van der Waals surface area contributed by atoms with Gasteiger partial charge < -0.3 is 9.64 Å². The summed E-state index contributed by atoms with van der Waals surface area (Å²) < 4.78 is 4.98. The second kappa shape index (κ2) is 5.82. The van der Waals surface area contributed by atoms with Crippen molar-refractivity contribution in [2.75, 3.05) is 18.1 Å². The second-order valence-corrected chi connectivity index (χ2v) is 4.62. The fraction of sp³-hybridized carbons (Fsp3) is 0.500. The van der Waals surface area contributed by atoms with Crippen LogP contribution in [0, 0.1) is 0 Å². The molecule has 0 atom stereocenters. The number of hydrogen-bond donors (Lipinski definition) is 0. The summed E-state index contributed by atoms with van der Waals surface area (Å²) in [4.78, 5) is 28.9. The van der Waals surface area contributed by atoms with Gasteiger partial charge in [0.15, 0.2) is 5.78 Å². The monoisotopic (exact) mass is 262 g/mol. The molecule has 19 heavy (non-hydrogen) atoms. The van der Waals surface area contributed by atoms with E-state index < -0.39 is 0 Å². The lowest BCUT2D eigenvalue weighted by Crippen LogP contribution is -2.33. The van der Waals surface area contributed by atoms with Gasteiger partial charge in [0.25, 0.3) is 0 Å². The van der Waals surface area contributed by atoms with Gasteiger partial charge in [0.1, 0.15) is 12.2 Å². The third-order valence-electron chi connectivity index (χ3n) is 3.03. The normalized spacial score (nSPS) is 14.0. The van der Waals surface area contributed by atoms with Crippen LogP contribution >= 0.6 is 0 Å². The first-order chi connectivity index (χ1) is 9.11. The minimum atomic E-state index is -0.231. The number of carbonyl (C=O) groups is 2. The van der Waals surface area contributed by atoms with Crippen LogP contribution in [0.3, 0.4) is 0 Å². The number of rotatable bonds is 6. The van der Waals surface area contributed by atoms with Gasteiger partial charge in [-0.2, -0.15) is 0 Å². The smallest absolute Gasteiger partial charge is 0.325 e. The molecule has 5 heteroatoms. The van der Waals surface area contributed by atoms with E-state index in [1.165, 1.54) is 6.92 Å². The summed E-state index contributed by atoms with van der Waals surface area (Å²) in [5.41, 5.74) is 1.30. The van der Waals surface area contributed by atoms with Crippen LogP contribution in [0.5, 0.6) is 0 Å². The summed E-state index contributed by atoms with van der Waals surface area (Å²) in [6.07, 6.45) is 3.80. The molecule has 1 aromatic rings. The molecule has 1 aromatic heterocycles. The summed E-state index contributed by atoms with van der Waals surface area (Å²) >= 11 is 0. The van der Waals surface area contributed by atoms with Crippen molar-refractivity contribution in [1.82, 2.24) is 4.98 Å². The maximum Gasteiger partial charge on any atom is 0.325 e. The van der Waals surface area contributed by atoms with Crippen LogP contribution in [0.25, 0.3) is 0 Å². The number of ether oxygens (including phenoxy) is 1. The van der Waals surface area contributed by atoms with Crippen molar-refractivity contribution < 1.29 is 14.3 Å². The zero-order chi connectivity index (χ0) is 13.8. The van der Waals surface area contributed by atoms with Crippen molar-refractivity contribution in [1.29, 1.82) is 0 Å². The number of ketones is 1. The summed E-state index contributed by atoms with van der Waals surface area (Å²) in [7, 11) is 0. The summed E-state index contributed by atoms with van der Waals surface area (Å²) in [6, 6.07) is 3.91. The van der Waals surface area contributed by atoms with Gasteiger partial charge in [-0.25, -0.2) is 0 Å². The Bertz CT molecular complexity index is 466. The SMILES string of the molecule is CCOC(=O)CN(c1ccc(C(C)=O)nc1)C1CC1. The molecule has 102 valence electrons. The molecule has 0 N–H and O–H groups in total. The van der Waals surface area contributed by atoms with Crippen LogP contribution in [0.15, 0.2) is 18.3 Å². The van der Waals surface area contributed by atoms with Gasteiger partial charge in [-0.15, -0.1) is 0 Å². The number of esters is 1. The third kappa shape index (κ3) is 3.53. The first-order valence-corrected chi connectivity index (χ1v) is 6.51. The number of nitrogens with zero attached hydrogens (tertiary/aromatic N) is 2. The van der Waals surface area contributed by atoms with E-state index in [1.54, 1.807) is 19.2 Å². The van der Waals surface area contributed by atoms with E-state index in [0.29, 0.717) is 18.3 Å². The first-order valence-electron chi connectivity index (χ1n) is 6.51. The molecular formula is C14H18N2O3. The minimum absolute atomic E-state index is 0.0603. The predicted octanol–water partition coefficient (Wildman–Crippen LogP) is 1.82. The molecule has 5 nitrogen and oxygen atoms in total. The largest absolute Gasteiger partial charge is 0.465 e. The molecule has 0 aliphatic heterocycles. The fourth-order valence-electron chi connectivity index (χ4n) is 1.93. The summed E-state index contributed by atoms with van der Waals surface area (Å²) in [5.74, 6) is -0.292. The molecule has 0 radical (unpaired) electrons. The first kappa shape index (κ1) is 13.5. The zero-order valence-electron chi connectivity index (χ0n) is 11.3. The second-order valence-electron chi connectivity index (χ2n) is 4.62. The van der Waals surface area contributed by atoms with E-state index >= 15 is 0 Å². The van der Waals surface area contributed by atoms with Crippen LogP contribution in [0.2, 0.25) is 0 Å². The van der Waals surface area contributed by atoms with Crippen molar-refractivity contribution in [3.05, 3.63) is 24.0 Å². The van der Waals surface area contributed by atoms with Crippen molar-refractivity contribution in [3.8, 4) is 0 Å². The highest BCUT2D eigenvalue weighted by molar-refractivity contribution is 5.92. The Kier molecular flexibility index (Phi) is 4.14. The van der Waals surface area contributed by atoms with Crippen molar-refractivity contribution in [2.24, 2.45) is 0 Å². The molecule has 2 rings (SSSR count). The molecule has 0 saturated heterocycles. The topological polar surface area (TPSA) is 59.5 Å². The molecule has 1 saturated carbocycles. The number of anilines is 1. The number of hydrogen-bond acceptors (Lipinski definition) is 5. The highest BCUT2D eigenvalue weighted by Crippen LogP contribution is 2.31. The van der Waals surface area contributed by atoms with Crippen molar-refractivity contribution in [3.63, 3.8) is 0 Å². The van der Waals surface area contributed by atoms with Gasteiger partial charge in [-0.05, 0) is 31.9 Å². The van der Waals surface area contributed by atoms with Crippen molar-refractivity contribution in [2.45, 2.75) is 32.7 Å². The average molecular weight is 262 g/mol.